The second-order valence-electron chi connectivity index (χ2n) is 6.10. The number of carbonyl (C=O) groups is 1. The number of carbonyl (C=O) groups excluding carboxylic acids is 1. The van der Waals surface area contributed by atoms with Crippen molar-refractivity contribution in [1.29, 1.82) is 0 Å². The fourth-order valence-electron chi connectivity index (χ4n) is 2.98. The molecular formula is C18H20N2O3S. The third-order valence-corrected chi connectivity index (χ3v) is 5.74. The molecule has 0 amide bonds. The topological polar surface area (TPSA) is 59.4 Å². The molecule has 2 aromatic rings. The highest BCUT2D eigenvalue weighted by Gasteiger charge is 2.29. The van der Waals surface area contributed by atoms with Crippen LogP contribution in [-0.4, -0.2) is 37.2 Å². The summed E-state index contributed by atoms with van der Waals surface area (Å²) in [5.74, 6) is -0.208. The zero-order valence-corrected chi connectivity index (χ0v) is 14.6. The van der Waals surface area contributed by atoms with Gasteiger partial charge in [-0.05, 0) is 43.0 Å². The van der Waals surface area contributed by atoms with Crippen molar-refractivity contribution in [3.63, 3.8) is 0 Å². The first-order valence-corrected chi connectivity index (χ1v) is 9.28. The Morgan fingerprint density at radius 2 is 1.79 bits per heavy atom. The minimum atomic E-state index is -3.78. The van der Waals surface area contributed by atoms with Gasteiger partial charge in [-0.2, -0.15) is 0 Å². The molecule has 1 heterocycles. The highest BCUT2D eigenvalue weighted by molar-refractivity contribution is 7.90. The van der Waals surface area contributed by atoms with Crippen molar-refractivity contribution < 1.29 is 13.2 Å². The maximum Gasteiger partial charge on any atom is 0.268 e. The number of benzene rings is 1. The number of hydrogen-bond donors (Lipinski definition) is 0. The second-order valence-corrected chi connectivity index (χ2v) is 7.92. The Hall–Kier alpha value is -2.34. The Balaban J connectivity index is 2.15. The van der Waals surface area contributed by atoms with Crippen molar-refractivity contribution in [3.8, 4) is 0 Å². The van der Waals surface area contributed by atoms with Crippen LogP contribution in [0.3, 0.4) is 0 Å². The fourth-order valence-corrected chi connectivity index (χ4v) is 4.37. The highest BCUT2D eigenvalue weighted by Crippen LogP contribution is 2.28. The van der Waals surface area contributed by atoms with Gasteiger partial charge in [0.05, 0.1) is 4.90 Å². The van der Waals surface area contributed by atoms with Crippen LogP contribution in [0.4, 0.5) is 0 Å². The number of fused-ring (bicyclic) bond motifs is 1. The summed E-state index contributed by atoms with van der Waals surface area (Å²) in [6.07, 6.45) is 5.45. The van der Waals surface area contributed by atoms with Crippen LogP contribution in [0.15, 0.2) is 59.3 Å². The summed E-state index contributed by atoms with van der Waals surface area (Å²) in [5, 5.41) is 0. The summed E-state index contributed by atoms with van der Waals surface area (Å²) in [5.41, 5.74) is 1.70. The molecule has 1 aliphatic rings. The zero-order chi connectivity index (χ0) is 17.3. The summed E-state index contributed by atoms with van der Waals surface area (Å²) in [6, 6.07) is 9.94. The summed E-state index contributed by atoms with van der Waals surface area (Å²) >= 11 is 0. The molecule has 0 saturated heterocycles. The number of ketones is 1. The predicted octanol–water partition coefficient (Wildman–Crippen LogP) is 2.69. The largest absolute Gasteiger partial charge is 0.383 e. The van der Waals surface area contributed by atoms with Crippen LogP contribution >= 0.6 is 0 Å². The lowest BCUT2D eigenvalue weighted by molar-refractivity contribution is 0.102. The molecular weight excluding hydrogens is 324 g/mol. The van der Waals surface area contributed by atoms with E-state index in [1.165, 1.54) is 6.20 Å². The van der Waals surface area contributed by atoms with Gasteiger partial charge in [-0.3, -0.25) is 4.79 Å². The molecule has 5 nitrogen and oxygen atoms in total. The van der Waals surface area contributed by atoms with Gasteiger partial charge in [-0.25, -0.2) is 12.4 Å². The van der Waals surface area contributed by atoms with Gasteiger partial charge in [0, 0.05) is 32.1 Å². The summed E-state index contributed by atoms with van der Waals surface area (Å²) in [4.78, 5) is 14.9. The lowest BCUT2D eigenvalue weighted by atomic mass is 10.1. The lowest BCUT2D eigenvalue weighted by Crippen LogP contribution is -2.20. The average Bonchev–Trinajstić information content (AvgIpc) is 2.92. The number of aromatic nitrogens is 1. The molecule has 0 atom stereocenters. The van der Waals surface area contributed by atoms with E-state index >= 15 is 0 Å². The highest BCUT2D eigenvalue weighted by atomic mass is 32.2. The lowest BCUT2D eigenvalue weighted by Gasteiger charge is -2.13. The van der Waals surface area contributed by atoms with E-state index in [0.29, 0.717) is 18.4 Å². The first-order valence-electron chi connectivity index (χ1n) is 7.84. The van der Waals surface area contributed by atoms with Crippen LogP contribution in [0, 0.1) is 0 Å². The molecule has 1 aliphatic carbocycles. The maximum absolute atomic E-state index is 13.0. The monoisotopic (exact) mass is 344 g/mol. The Morgan fingerprint density at radius 3 is 2.46 bits per heavy atom. The molecule has 6 heteroatoms. The Bertz CT molecular complexity index is 894. The number of rotatable bonds is 3. The molecule has 0 fully saturated rings. The van der Waals surface area contributed by atoms with Crippen molar-refractivity contribution in [2.45, 2.75) is 24.2 Å². The molecule has 126 valence electrons. The molecule has 3 rings (SSSR count). The van der Waals surface area contributed by atoms with Crippen molar-refractivity contribution in [2.24, 2.45) is 0 Å². The maximum atomic E-state index is 13.0. The molecule has 0 bridgehead atoms. The SMILES string of the molecule is CN(C)C=C1CCCc2ccn(S(=O)(=O)c3ccccc3)c2C1=O. The first kappa shape index (κ1) is 16.5. The van der Waals surface area contributed by atoms with Gasteiger partial charge in [0.2, 0.25) is 5.78 Å². The van der Waals surface area contributed by atoms with Gasteiger partial charge in [-0.1, -0.05) is 18.2 Å². The van der Waals surface area contributed by atoms with E-state index in [0.717, 1.165) is 16.0 Å². The average molecular weight is 344 g/mol. The van der Waals surface area contributed by atoms with Crippen molar-refractivity contribution in [2.75, 3.05) is 14.1 Å². The van der Waals surface area contributed by atoms with Crippen molar-refractivity contribution >= 4 is 15.8 Å². The quantitative estimate of drug-likeness (QED) is 0.634. The number of Topliss-reactive ketones (excluding diaryl/α,β-unsaturated/α-hetero) is 1. The zero-order valence-electron chi connectivity index (χ0n) is 13.8. The minimum Gasteiger partial charge on any atom is -0.383 e. The molecule has 1 aromatic carbocycles. The molecule has 24 heavy (non-hydrogen) atoms. The number of hydrogen-bond acceptors (Lipinski definition) is 4. The van der Waals surface area contributed by atoms with E-state index in [2.05, 4.69) is 0 Å². The van der Waals surface area contributed by atoms with Crippen LogP contribution in [0.2, 0.25) is 0 Å². The molecule has 0 radical (unpaired) electrons. The second kappa shape index (κ2) is 6.28. The fraction of sp³-hybridized carbons (Fsp3) is 0.278. The Kier molecular flexibility index (Phi) is 4.32. The third-order valence-electron chi connectivity index (χ3n) is 4.05. The number of allylic oxidation sites excluding steroid dienone is 1. The molecule has 0 N–H and O–H groups in total. The minimum absolute atomic E-state index is 0.179. The van der Waals surface area contributed by atoms with E-state index < -0.39 is 10.0 Å². The van der Waals surface area contributed by atoms with Crippen molar-refractivity contribution in [1.82, 2.24) is 8.87 Å². The van der Waals surface area contributed by atoms with Gasteiger partial charge in [0.1, 0.15) is 5.69 Å². The van der Waals surface area contributed by atoms with Gasteiger partial charge in [0.25, 0.3) is 10.0 Å². The summed E-state index contributed by atoms with van der Waals surface area (Å²) < 4.78 is 27.0. The standard InChI is InChI=1S/C18H20N2O3S/c1-19(2)13-15-8-6-7-14-11-12-20(17(14)18(15)21)24(22,23)16-9-4-3-5-10-16/h3-5,9-13H,6-8H2,1-2H3. The van der Waals surface area contributed by atoms with Gasteiger partial charge < -0.3 is 4.90 Å². The molecule has 0 saturated carbocycles. The smallest absolute Gasteiger partial charge is 0.268 e. The van der Waals surface area contributed by atoms with E-state index in [-0.39, 0.29) is 16.4 Å². The van der Waals surface area contributed by atoms with Gasteiger partial charge in [0.15, 0.2) is 0 Å². The summed E-state index contributed by atoms with van der Waals surface area (Å²) in [6.45, 7) is 0. The van der Waals surface area contributed by atoms with Crippen LogP contribution in [0.25, 0.3) is 0 Å². The Labute approximate surface area is 142 Å². The van der Waals surface area contributed by atoms with Crippen LogP contribution in [0.5, 0.6) is 0 Å². The molecule has 0 unspecified atom stereocenters. The Morgan fingerprint density at radius 1 is 1.08 bits per heavy atom. The number of aryl methyl sites for hydroxylation is 1. The van der Waals surface area contributed by atoms with Crippen LogP contribution in [-0.2, 0) is 16.4 Å². The van der Waals surface area contributed by atoms with E-state index in [4.69, 9.17) is 0 Å². The van der Waals surface area contributed by atoms with E-state index in [1.54, 1.807) is 42.6 Å². The molecule has 1 aromatic heterocycles. The third kappa shape index (κ3) is 2.89. The predicted molar refractivity (Wildman–Crippen MR) is 92.5 cm³/mol. The van der Waals surface area contributed by atoms with Crippen molar-refractivity contribution in [3.05, 3.63) is 65.6 Å². The van der Waals surface area contributed by atoms with E-state index in [9.17, 15) is 13.2 Å². The van der Waals surface area contributed by atoms with Gasteiger partial charge in [-0.15, -0.1) is 0 Å². The summed E-state index contributed by atoms with van der Waals surface area (Å²) in [7, 11) is -0.0771. The molecule has 0 aliphatic heterocycles. The normalized spacial score (nSPS) is 16.8. The first-order chi connectivity index (χ1) is 11.4. The number of nitrogens with zero attached hydrogens (tertiary/aromatic N) is 2. The van der Waals surface area contributed by atoms with Crippen LogP contribution < -0.4 is 0 Å². The molecule has 0 spiro atoms. The van der Waals surface area contributed by atoms with Gasteiger partial charge >= 0.3 is 0 Å². The van der Waals surface area contributed by atoms with E-state index in [1.807, 2.05) is 19.0 Å². The van der Waals surface area contributed by atoms with Crippen LogP contribution in [0.1, 0.15) is 28.9 Å².